The quantitative estimate of drug-likeness (QED) is 0.561. The standard InChI is InChI=1S/C19H36O5Si2/c1-17(2,3)25(7,8)23-14-12-19(21)11-13(22-16(19)20)15(14)24-26(9,10)18(4,5)6/h12-13,15,21H,11H2,1-10H3/t13-,15+,19-/m1/s1. The van der Waals surface area contributed by atoms with Gasteiger partial charge in [0, 0.05) is 6.42 Å². The highest BCUT2D eigenvalue weighted by Crippen LogP contribution is 2.46. The topological polar surface area (TPSA) is 65.0 Å². The monoisotopic (exact) mass is 400 g/mol. The van der Waals surface area contributed by atoms with Crippen LogP contribution in [0.25, 0.3) is 0 Å². The van der Waals surface area contributed by atoms with E-state index >= 15 is 0 Å². The van der Waals surface area contributed by atoms with Gasteiger partial charge in [0.25, 0.3) is 0 Å². The van der Waals surface area contributed by atoms with E-state index in [1.165, 1.54) is 0 Å². The molecule has 0 aromatic heterocycles. The van der Waals surface area contributed by atoms with E-state index < -0.39 is 40.4 Å². The SMILES string of the molecule is CC(C)(C)[Si](C)(C)OC1=C[C@]2(O)C[C@@H](OC2=O)[C@@H]1O[Si](C)(C)C(C)(C)C. The molecule has 0 saturated carbocycles. The van der Waals surface area contributed by atoms with Crippen molar-refractivity contribution >= 4 is 22.6 Å². The van der Waals surface area contributed by atoms with Crippen molar-refractivity contribution in [3.8, 4) is 0 Å². The van der Waals surface area contributed by atoms with Crippen LogP contribution >= 0.6 is 0 Å². The second-order valence-corrected chi connectivity index (χ2v) is 20.3. The van der Waals surface area contributed by atoms with Gasteiger partial charge in [-0.3, -0.25) is 0 Å². The van der Waals surface area contributed by atoms with Crippen LogP contribution in [0.5, 0.6) is 0 Å². The highest BCUT2D eigenvalue weighted by Gasteiger charge is 2.57. The number of fused-ring (bicyclic) bond motifs is 2. The van der Waals surface area contributed by atoms with Gasteiger partial charge >= 0.3 is 5.97 Å². The molecule has 2 aliphatic rings. The first-order chi connectivity index (χ1) is 11.4. The number of ether oxygens (including phenoxy) is 1. The van der Waals surface area contributed by atoms with Gasteiger partial charge in [0.2, 0.25) is 8.32 Å². The summed E-state index contributed by atoms with van der Waals surface area (Å²) in [6.07, 6.45) is 0.843. The molecule has 1 saturated heterocycles. The Morgan fingerprint density at radius 2 is 1.58 bits per heavy atom. The van der Waals surface area contributed by atoms with Gasteiger partial charge in [-0.05, 0) is 42.3 Å². The minimum absolute atomic E-state index is 0.000651. The summed E-state index contributed by atoms with van der Waals surface area (Å²) in [6.45, 7) is 21.7. The average molecular weight is 401 g/mol. The first kappa shape index (κ1) is 21.7. The van der Waals surface area contributed by atoms with Gasteiger partial charge in [-0.15, -0.1) is 0 Å². The minimum atomic E-state index is -2.15. The average Bonchev–Trinajstić information content (AvgIpc) is 2.63. The molecule has 0 unspecified atom stereocenters. The Balaban J connectivity index is 2.42. The van der Waals surface area contributed by atoms with Gasteiger partial charge in [0.1, 0.15) is 18.0 Å². The fourth-order valence-electron chi connectivity index (χ4n) is 2.62. The molecule has 7 heteroatoms. The van der Waals surface area contributed by atoms with Crippen LogP contribution in [0.1, 0.15) is 48.0 Å². The maximum Gasteiger partial charge on any atom is 0.342 e. The number of rotatable bonds is 4. The summed E-state index contributed by atoms with van der Waals surface area (Å²) in [5.41, 5.74) is -1.59. The zero-order valence-electron chi connectivity index (χ0n) is 18.0. The molecule has 0 aromatic rings. The molecule has 26 heavy (non-hydrogen) atoms. The zero-order valence-corrected chi connectivity index (χ0v) is 20.0. The summed E-state index contributed by atoms with van der Waals surface area (Å²) in [6, 6.07) is 0. The van der Waals surface area contributed by atoms with Crippen molar-refractivity contribution in [3.63, 3.8) is 0 Å². The number of esters is 1. The predicted molar refractivity (Wildman–Crippen MR) is 108 cm³/mol. The molecular weight excluding hydrogens is 364 g/mol. The molecule has 150 valence electrons. The fourth-order valence-corrected chi connectivity index (χ4v) is 4.95. The maximum atomic E-state index is 12.2. The second kappa shape index (κ2) is 6.19. The molecular formula is C19H36O5Si2. The molecule has 0 radical (unpaired) electrons. The predicted octanol–water partition coefficient (Wildman–Crippen LogP) is 4.34. The van der Waals surface area contributed by atoms with Crippen LogP contribution in [0, 0.1) is 0 Å². The normalized spacial score (nSPS) is 30.1. The van der Waals surface area contributed by atoms with Crippen molar-refractivity contribution in [2.75, 3.05) is 0 Å². The van der Waals surface area contributed by atoms with Gasteiger partial charge in [-0.2, -0.15) is 0 Å². The number of carbonyl (C=O) groups is 1. The zero-order chi connectivity index (χ0) is 20.3. The maximum absolute atomic E-state index is 12.2. The van der Waals surface area contributed by atoms with Crippen LogP contribution in [-0.2, 0) is 18.4 Å². The molecule has 1 aliphatic carbocycles. The minimum Gasteiger partial charge on any atom is -0.545 e. The van der Waals surface area contributed by atoms with E-state index in [0.717, 1.165) is 0 Å². The molecule has 0 amide bonds. The molecule has 1 N–H and O–H groups in total. The van der Waals surface area contributed by atoms with Gasteiger partial charge in [-0.1, -0.05) is 41.5 Å². The van der Waals surface area contributed by atoms with Gasteiger partial charge in [0.05, 0.1) is 0 Å². The van der Waals surface area contributed by atoms with Gasteiger partial charge in [0.15, 0.2) is 13.9 Å². The Morgan fingerprint density at radius 1 is 1.08 bits per heavy atom. The van der Waals surface area contributed by atoms with Crippen LogP contribution in [0.2, 0.25) is 36.3 Å². The molecule has 1 fully saturated rings. The Labute approximate surface area is 160 Å². The number of aliphatic hydroxyl groups is 1. The van der Waals surface area contributed by atoms with Gasteiger partial charge < -0.3 is 18.7 Å². The Morgan fingerprint density at radius 3 is 2.04 bits per heavy atom. The van der Waals surface area contributed by atoms with Crippen molar-refractivity contribution in [1.29, 1.82) is 0 Å². The van der Waals surface area contributed by atoms with Crippen LogP contribution < -0.4 is 0 Å². The molecule has 2 bridgehead atoms. The second-order valence-electron chi connectivity index (χ2n) is 10.8. The van der Waals surface area contributed by atoms with Crippen molar-refractivity contribution in [3.05, 3.63) is 11.8 Å². The summed E-state index contributed by atoms with van der Waals surface area (Å²) < 4.78 is 18.6. The van der Waals surface area contributed by atoms with Crippen LogP contribution in [-0.4, -0.2) is 45.5 Å². The van der Waals surface area contributed by atoms with Crippen LogP contribution in [0.4, 0.5) is 0 Å². The molecule has 0 aromatic carbocycles. The summed E-state index contributed by atoms with van der Waals surface area (Å²) >= 11 is 0. The first-order valence-electron chi connectivity index (χ1n) is 9.43. The van der Waals surface area contributed by atoms with E-state index in [0.29, 0.717) is 5.76 Å². The number of hydrogen-bond donors (Lipinski definition) is 1. The smallest absolute Gasteiger partial charge is 0.342 e. The van der Waals surface area contributed by atoms with Crippen molar-refractivity contribution in [2.45, 2.75) is 102 Å². The van der Waals surface area contributed by atoms with E-state index in [1.807, 2.05) is 0 Å². The van der Waals surface area contributed by atoms with E-state index in [1.54, 1.807) is 6.08 Å². The lowest BCUT2D eigenvalue weighted by atomic mass is 9.90. The molecule has 1 heterocycles. The van der Waals surface area contributed by atoms with E-state index in [2.05, 4.69) is 67.7 Å². The van der Waals surface area contributed by atoms with Crippen LogP contribution in [0.15, 0.2) is 11.8 Å². The lowest BCUT2D eigenvalue weighted by Crippen LogP contribution is -2.52. The summed E-state index contributed by atoms with van der Waals surface area (Å²) in [4.78, 5) is 12.2. The summed E-state index contributed by atoms with van der Waals surface area (Å²) in [5, 5.41) is 10.7. The third-order valence-corrected chi connectivity index (χ3v) is 15.3. The van der Waals surface area contributed by atoms with Crippen molar-refractivity contribution in [1.82, 2.24) is 0 Å². The van der Waals surface area contributed by atoms with E-state index in [-0.39, 0.29) is 16.5 Å². The molecule has 1 aliphatic heterocycles. The Bertz CT molecular complexity index is 612. The molecule has 0 spiro atoms. The number of hydrogen-bond acceptors (Lipinski definition) is 5. The molecule has 3 atom stereocenters. The summed E-state index contributed by atoms with van der Waals surface area (Å²) in [7, 11) is -4.27. The molecule has 2 rings (SSSR count). The number of carbonyl (C=O) groups excluding carboxylic acids is 1. The fraction of sp³-hybridized carbons (Fsp3) is 0.842. The Kier molecular flexibility index (Phi) is 5.15. The Hall–Kier alpha value is -0.636. The molecule has 5 nitrogen and oxygen atoms in total. The van der Waals surface area contributed by atoms with Crippen molar-refractivity contribution < 1.29 is 23.5 Å². The first-order valence-corrected chi connectivity index (χ1v) is 15.2. The third-order valence-electron chi connectivity index (χ3n) is 6.53. The highest BCUT2D eigenvalue weighted by atomic mass is 28.4. The lowest BCUT2D eigenvalue weighted by molar-refractivity contribution is -0.152. The van der Waals surface area contributed by atoms with Gasteiger partial charge in [-0.25, -0.2) is 4.79 Å². The van der Waals surface area contributed by atoms with Crippen molar-refractivity contribution in [2.24, 2.45) is 0 Å². The van der Waals surface area contributed by atoms with Crippen LogP contribution in [0.3, 0.4) is 0 Å². The summed E-state index contributed by atoms with van der Waals surface area (Å²) in [5.74, 6) is -0.0221. The lowest BCUT2D eigenvalue weighted by Gasteiger charge is -2.44. The largest absolute Gasteiger partial charge is 0.545 e. The third kappa shape index (κ3) is 3.81. The van der Waals surface area contributed by atoms with E-state index in [9.17, 15) is 9.90 Å². The highest BCUT2D eigenvalue weighted by molar-refractivity contribution is 6.75. The van der Waals surface area contributed by atoms with E-state index in [4.69, 9.17) is 13.6 Å².